The highest BCUT2D eigenvalue weighted by molar-refractivity contribution is 5.90. The van der Waals surface area contributed by atoms with E-state index in [4.69, 9.17) is 0 Å². The van der Waals surface area contributed by atoms with Crippen LogP contribution in [-0.4, -0.2) is 84.8 Å². The van der Waals surface area contributed by atoms with Gasteiger partial charge < -0.3 is 25.8 Å². The number of hydrogen-bond acceptors (Lipinski definition) is 5. The number of aryl methyl sites for hydroxylation is 1. The van der Waals surface area contributed by atoms with Gasteiger partial charge in [0.05, 0.1) is 6.04 Å². The van der Waals surface area contributed by atoms with Crippen LogP contribution in [0.1, 0.15) is 94.2 Å². The fraction of sp³-hybridized carbons (Fsp3) is 0.511. The molecule has 0 aliphatic carbocycles. The lowest BCUT2D eigenvalue weighted by molar-refractivity contribution is -0.139. The van der Waals surface area contributed by atoms with Crippen molar-refractivity contribution in [3.8, 4) is 0 Å². The molecule has 0 radical (unpaired) electrons. The third-order valence-corrected chi connectivity index (χ3v) is 10.6. The predicted molar refractivity (Wildman–Crippen MR) is 217 cm³/mol. The zero-order valence-corrected chi connectivity index (χ0v) is 32.6. The summed E-state index contributed by atoms with van der Waals surface area (Å²) in [6.07, 6.45) is 11.3. The summed E-state index contributed by atoms with van der Waals surface area (Å²) >= 11 is 0. The van der Waals surface area contributed by atoms with E-state index < -0.39 is 12.1 Å². The van der Waals surface area contributed by atoms with Crippen LogP contribution < -0.4 is 16.0 Å². The van der Waals surface area contributed by atoms with Gasteiger partial charge in [-0.05, 0) is 82.0 Å². The van der Waals surface area contributed by atoms with Crippen LogP contribution in [0.2, 0.25) is 0 Å². The molecule has 0 aromatic heterocycles. The SMILES string of the molecule is CN[C@@H](C)C(=O)N[C@@H](CCc1ccccc1)C(=O)N1CCC[C@H]1CN(CCc1ccccc1)C(=O)CCCCCCCCC(=O)NCCc1ccccc1. The van der Waals surface area contributed by atoms with Gasteiger partial charge in [0.15, 0.2) is 0 Å². The fourth-order valence-electron chi connectivity index (χ4n) is 7.14. The van der Waals surface area contributed by atoms with Gasteiger partial charge in [-0.1, -0.05) is 117 Å². The smallest absolute Gasteiger partial charge is 0.245 e. The Bertz CT molecular complexity index is 1540. The molecular weight excluding hydrogens is 675 g/mol. The van der Waals surface area contributed by atoms with Gasteiger partial charge in [0.1, 0.15) is 6.04 Å². The second-order valence-electron chi connectivity index (χ2n) is 14.7. The highest BCUT2D eigenvalue weighted by atomic mass is 16.2. The molecule has 292 valence electrons. The predicted octanol–water partition coefficient (Wildman–Crippen LogP) is 6.25. The largest absolute Gasteiger partial charge is 0.356 e. The van der Waals surface area contributed by atoms with Crippen LogP contribution in [0.5, 0.6) is 0 Å². The molecule has 4 rings (SSSR count). The Kier molecular flexibility index (Phi) is 18.8. The van der Waals surface area contributed by atoms with E-state index in [-0.39, 0.29) is 29.7 Å². The average Bonchev–Trinajstić information content (AvgIpc) is 3.67. The van der Waals surface area contributed by atoms with Crippen molar-refractivity contribution in [2.45, 2.75) is 115 Å². The molecule has 3 N–H and O–H groups in total. The van der Waals surface area contributed by atoms with Crippen molar-refractivity contribution < 1.29 is 19.2 Å². The van der Waals surface area contributed by atoms with E-state index in [9.17, 15) is 19.2 Å². The van der Waals surface area contributed by atoms with Gasteiger partial charge in [-0.25, -0.2) is 0 Å². The van der Waals surface area contributed by atoms with E-state index in [2.05, 4.69) is 40.2 Å². The van der Waals surface area contributed by atoms with E-state index in [0.29, 0.717) is 51.9 Å². The van der Waals surface area contributed by atoms with E-state index in [1.807, 2.05) is 76.5 Å². The average molecular weight is 738 g/mol. The Labute approximate surface area is 323 Å². The highest BCUT2D eigenvalue weighted by Crippen LogP contribution is 2.22. The molecule has 9 nitrogen and oxygen atoms in total. The Morgan fingerprint density at radius 3 is 1.91 bits per heavy atom. The molecule has 54 heavy (non-hydrogen) atoms. The first-order valence-electron chi connectivity index (χ1n) is 20.3. The van der Waals surface area contributed by atoms with E-state index in [0.717, 1.165) is 69.8 Å². The van der Waals surface area contributed by atoms with Crippen molar-refractivity contribution in [1.29, 1.82) is 0 Å². The van der Waals surface area contributed by atoms with Crippen molar-refractivity contribution in [1.82, 2.24) is 25.8 Å². The van der Waals surface area contributed by atoms with Crippen molar-refractivity contribution in [3.63, 3.8) is 0 Å². The zero-order chi connectivity index (χ0) is 38.4. The summed E-state index contributed by atoms with van der Waals surface area (Å²) in [4.78, 5) is 57.1. The summed E-state index contributed by atoms with van der Waals surface area (Å²) in [5.74, 6) is -0.00997. The van der Waals surface area contributed by atoms with Gasteiger partial charge >= 0.3 is 0 Å². The van der Waals surface area contributed by atoms with Crippen LogP contribution in [0.25, 0.3) is 0 Å². The molecule has 1 fully saturated rings. The maximum atomic E-state index is 14.2. The van der Waals surface area contributed by atoms with Crippen LogP contribution in [0.15, 0.2) is 91.0 Å². The molecule has 3 aromatic rings. The lowest BCUT2D eigenvalue weighted by Gasteiger charge is -2.33. The van der Waals surface area contributed by atoms with Gasteiger partial charge in [-0.3, -0.25) is 19.2 Å². The molecular formula is C45H63N5O4. The number of carbonyl (C=O) groups is 4. The van der Waals surface area contributed by atoms with Crippen molar-refractivity contribution in [2.75, 3.05) is 33.2 Å². The monoisotopic (exact) mass is 737 g/mol. The summed E-state index contributed by atoms with van der Waals surface area (Å²) in [6.45, 7) is 4.18. The molecule has 9 heteroatoms. The minimum Gasteiger partial charge on any atom is -0.356 e. The first kappa shape index (κ1) is 42.2. The number of amides is 4. The quantitative estimate of drug-likeness (QED) is 0.0942. The number of rotatable bonds is 24. The van der Waals surface area contributed by atoms with Crippen molar-refractivity contribution in [3.05, 3.63) is 108 Å². The Morgan fingerprint density at radius 1 is 0.741 bits per heavy atom. The summed E-state index contributed by atoms with van der Waals surface area (Å²) in [5, 5.41) is 9.05. The molecule has 3 atom stereocenters. The van der Waals surface area contributed by atoms with Crippen molar-refractivity contribution >= 4 is 23.6 Å². The standard InChI is InChI=1S/C45H63N5O4/c1-36(46-2)44(53)48-41(29-28-37-19-10-7-11-20-37)45(54)50-33-18-25-40(50)35-49(34-31-39-23-14-9-15-24-39)43(52)27-17-6-4-3-5-16-26-42(51)47-32-30-38-21-12-8-13-22-38/h7-15,19-24,36,40-41,46H,3-6,16-18,25-35H2,1-2H3,(H,47,51)(H,48,53)/t36-,40-,41-/m0/s1. The van der Waals surface area contributed by atoms with Gasteiger partial charge in [0, 0.05) is 45.1 Å². The third kappa shape index (κ3) is 15.1. The van der Waals surface area contributed by atoms with Gasteiger partial charge in [-0.2, -0.15) is 0 Å². The Hall–Kier alpha value is -4.50. The molecule has 0 bridgehead atoms. The second kappa shape index (κ2) is 24.0. The van der Waals surface area contributed by atoms with Crippen LogP contribution in [-0.2, 0) is 38.4 Å². The lowest BCUT2D eigenvalue weighted by Crippen LogP contribution is -2.55. The number of carbonyl (C=O) groups excluding carboxylic acids is 4. The number of nitrogens with one attached hydrogen (secondary N) is 3. The number of likely N-dealkylation sites (tertiary alicyclic amines) is 1. The van der Waals surface area contributed by atoms with E-state index in [1.165, 1.54) is 11.1 Å². The molecule has 1 saturated heterocycles. The lowest BCUT2D eigenvalue weighted by atomic mass is 10.0. The topological polar surface area (TPSA) is 111 Å². The maximum absolute atomic E-state index is 14.2. The maximum Gasteiger partial charge on any atom is 0.245 e. The summed E-state index contributed by atoms with van der Waals surface area (Å²) < 4.78 is 0. The first-order valence-corrected chi connectivity index (χ1v) is 20.3. The molecule has 0 saturated carbocycles. The zero-order valence-electron chi connectivity index (χ0n) is 32.6. The van der Waals surface area contributed by atoms with Crippen molar-refractivity contribution in [2.24, 2.45) is 0 Å². The minimum absolute atomic E-state index is 0.0646. The molecule has 4 amide bonds. The molecule has 1 aliphatic rings. The molecule has 3 aromatic carbocycles. The Morgan fingerprint density at radius 2 is 1.30 bits per heavy atom. The normalized spacial score (nSPS) is 15.0. The summed E-state index contributed by atoms with van der Waals surface area (Å²) in [7, 11) is 1.74. The van der Waals surface area contributed by atoms with Gasteiger partial charge in [0.25, 0.3) is 0 Å². The van der Waals surface area contributed by atoms with E-state index >= 15 is 0 Å². The van der Waals surface area contributed by atoms with Gasteiger partial charge in [-0.15, -0.1) is 0 Å². The van der Waals surface area contributed by atoms with E-state index in [1.54, 1.807) is 14.0 Å². The van der Waals surface area contributed by atoms with Crippen LogP contribution in [0.4, 0.5) is 0 Å². The molecule has 0 spiro atoms. The van der Waals surface area contributed by atoms with Crippen LogP contribution >= 0.6 is 0 Å². The second-order valence-corrected chi connectivity index (χ2v) is 14.7. The fourth-order valence-corrected chi connectivity index (χ4v) is 7.14. The molecule has 1 aliphatic heterocycles. The highest BCUT2D eigenvalue weighted by Gasteiger charge is 2.35. The molecule has 0 unspecified atom stereocenters. The first-order chi connectivity index (χ1) is 26.3. The molecule has 1 heterocycles. The number of nitrogens with zero attached hydrogens (tertiary/aromatic N) is 2. The third-order valence-electron chi connectivity index (χ3n) is 10.6. The van der Waals surface area contributed by atoms with Gasteiger partial charge in [0.2, 0.25) is 23.6 Å². The minimum atomic E-state index is -0.642. The number of benzene rings is 3. The van der Waals surface area contributed by atoms with Crippen LogP contribution in [0.3, 0.4) is 0 Å². The number of likely N-dealkylation sites (N-methyl/N-ethyl adjacent to an activating group) is 1. The van der Waals surface area contributed by atoms with Crippen LogP contribution in [0, 0.1) is 0 Å². The summed E-state index contributed by atoms with van der Waals surface area (Å²) in [6, 6.07) is 29.3. The number of unbranched alkanes of at least 4 members (excludes halogenated alkanes) is 5. The number of hydrogen-bond donors (Lipinski definition) is 3. The Balaban J connectivity index is 1.25. The summed E-state index contributed by atoms with van der Waals surface area (Å²) in [5.41, 5.74) is 3.54.